The Hall–Kier alpha value is -1.05. The summed E-state index contributed by atoms with van der Waals surface area (Å²) in [5.41, 5.74) is 0.722. The summed E-state index contributed by atoms with van der Waals surface area (Å²) in [7, 11) is -3.36. The van der Waals surface area contributed by atoms with Gasteiger partial charge in [-0.2, -0.15) is 4.31 Å². The Labute approximate surface area is 154 Å². The van der Waals surface area contributed by atoms with E-state index < -0.39 is 16.1 Å². The normalized spacial score (nSPS) is 22.8. The maximum atomic E-state index is 12.6. The Bertz CT molecular complexity index is 698. The zero-order valence-electron chi connectivity index (χ0n) is 14.6. The van der Waals surface area contributed by atoms with E-state index in [1.807, 2.05) is 36.0 Å². The van der Waals surface area contributed by atoms with E-state index >= 15 is 0 Å². The fourth-order valence-electron chi connectivity index (χ4n) is 3.61. The van der Waals surface area contributed by atoms with Gasteiger partial charge in [-0.3, -0.25) is 4.79 Å². The number of piperidine rings is 1. The number of hydrogen-bond donors (Lipinski definition) is 1. The van der Waals surface area contributed by atoms with Crippen LogP contribution in [0.25, 0.3) is 0 Å². The molecule has 0 radical (unpaired) electrons. The van der Waals surface area contributed by atoms with Crippen molar-refractivity contribution in [3.05, 3.63) is 24.3 Å². The maximum absolute atomic E-state index is 12.6. The maximum Gasteiger partial charge on any atom is 0.242 e. The standard InChI is InChI=1S/C18H26N2O3S2/c1-25(22,23)20-13-5-4-8-17(20)18(21)19-14-9-11-16(12-10-14)24-15-6-2-3-7-15/h9-12,15,17H,2-8,13H2,1H3,(H,19,21)/t17-/m0/s1. The molecule has 0 bridgehead atoms. The zero-order valence-corrected chi connectivity index (χ0v) is 16.2. The predicted octanol–water partition coefficient (Wildman–Crippen LogP) is 3.47. The van der Waals surface area contributed by atoms with E-state index in [1.54, 1.807) is 0 Å². The van der Waals surface area contributed by atoms with Gasteiger partial charge in [-0.15, -0.1) is 11.8 Å². The van der Waals surface area contributed by atoms with Gasteiger partial charge in [0, 0.05) is 22.4 Å². The summed E-state index contributed by atoms with van der Waals surface area (Å²) in [5.74, 6) is -0.235. The van der Waals surface area contributed by atoms with E-state index in [1.165, 1.54) is 41.1 Å². The van der Waals surface area contributed by atoms with Crippen LogP contribution in [-0.4, -0.2) is 42.7 Å². The highest BCUT2D eigenvalue weighted by molar-refractivity contribution is 8.00. The van der Waals surface area contributed by atoms with Crippen LogP contribution in [0.15, 0.2) is 29.2 Å². The summed E-state index contributed by atoms with van der Waals surface area (Å²) in [4.78, 5) is 13.8. The lowest BCUT2D eigenvalue weighted by atomic mass is 10.0. The topological polar surface area (TPSA) is 66.5 Å². The number of hydrogen-bond acceptors (Lipinski definition) is 4. The third kappa shape index (κ3) is 4.99. The van der Waals surface area contributed by atoms with Crippen molar-refractivity contribution >= 4 is 33.4 Å². The van der Waals surface area contributed by atoms with Crippen molar-refractivity contribution < 1.29 is 13.2 Å². The van der Waals surface area contributed by atoms with Crippen molar-refractivity contribution in [2.45, 2.75) is 61.1 Å². The summed E-state index contributed by atoms with van der Waals surface area (Å²) >= 11 is 1.91. The van der Waals surface area contributed by atoms with Crippen LogP contribution in [0, 0.1) is 0 Å². The van der Waals surface area contributed by atoms with Gasteiger partial charge in [0.15, 0.2) is 0 Å². The summed E-state index contributed by atoms with van der Waals surface area (Å²) in [6.07, 6.45) is 8.65. The number of benzene rings is 1. The third-order valence-corrected chi connectivity index (χ3v) is 7.55. The van der Waals surface area contributed by atoms with Crippen molar-refractivity contribution in [3.8, 4) is 0 Å². The molecule has 1 N–H and O–H groups in total. The number of sulfonamides is 1. The molecule has 1 aromatic rings. The van der Waals surface area contributed by atoms with Crippen LogP contribution in [0.2, 0.25) is 0 Å². The Morgan fingerprint density at radius 3 is 2.36 bits per heavy atom. The lowest BCUT2D eigenvalue weighted by Gasteiger charge is -2.32. The molecule has 1 aliphatic carbocycles. The lowest BCUT2D eigenvalue weighted by Crippen LogP contribution is -2.49. The molecular weight excluding hydrogens is 356 g/mol. The molecule has 5 nitrogen and oxygen atoms in total. The molecule has 1 aromatic carbocycles. The molecule has 0 unspecified atom stereocenters. The molecule has 1 heterocycles. The average Bonchev–Trinajstić information content (AvgIpc) is 3.09. The molecule has 1 saturated heterocycles. The zero-order chi connectivity index (χ0) is 17.9. The highest BCUT2D eigenvalue weighted by atomic mass is 32.2. The number of rotatable bonds is 5. The molecule has 3 rings (SSSR count). The Morgan fingerprint density at radius 2 is 1.72 bits per heavy atom. The number of amides is 1. The molecule has 1 aliphatic heterocycles. The Kier molecular flexibility index (Phi) is 6.07. The molecule has 1 atom stereocenters. The molecular formula is C18H26N2O3S2. The molecule has 2 fully saturated rings. The van der Waals surface area contributed by atoms with Gasteiger partial charge in [0.2, 0.25) is 15.9 Å². The van der Waals surface area contributed by atoms with Gasteiger partial charge in [-0.1, -0.05) is 19.3 Å². The third-order valence-electron chi connectivity index (χ3n) is 4.91. The molecule has 1 amide bonds. The minimum Gasteiger partial charge on any atom is -0.325 e. The van der Waals surface area contributed by atoms with Crippen LogP contribution in [0.5, 0.6) is 0 Å². The highest BCUT2D eigenvalue weighted by Gasteiger charge is 2.34. The van der Waals surface area contributed by atoms with Gasteiger partial charge in [0.05, 0.1) is 6.26 Å². The predicted molar refractivity (Wildman–Crippen MR) is 102 cm³/mol. The van der Waals surface area contributed by atoms with Gasteiger partial charge in [0.1, 0.15) is 6.04 Å². The van der Waals surface area contributed by atoms with Crippen LogP contribution in [0.1, 0.15) is 44.9 Å². The molecule has 138 valence electrons. The van der Waals surface area contributed by atoms with Gasteiger partial charge < -0.3 is 5.32 Å². The molecule has 2 aliphatic rings. The number of nitrogens with one attached hydrogen (secondary N) is 1. The fraction of sp³-hybridized carbons (Fsp3) is 0.611. The van der Waals surface area contributed by atoms with Crippen LogP contribution in [-0.2, 0) is 14.8 Å². The number of carbonyl (C=O) groups excluding carboxylic acids is 1. The van der Waals surface area contributed by atoms with Crippen molar-refractivity contribution in [3.63, 3.8) is 0 Å². The number of nitrogens with zero attached hydrogens (tertiary/aromatic N) is 1. The molecule has 25 heavy (non-hydrogen) atoms. The lowest BCUT2D eigenvalue weighted by molar-refractivity contribution is -0.120. The smallest absolute Gasteiger partial charge is 0.242 e. The molecule has 1 saturated carbocycles. The van der Waals surface area contributed by atoms with Gasteiger partial charge >= 0.3 is 0 Å². The Balaban J connectivity index is 1.61. The molecule has 0 spiro atoms. The van der Waals surface area contributed by atoms with Crippen LogP contribution in [0.4, 0.5) is 5.69 Å². The first-order chi connectivity index (χ1) is 11.9. The largest absolute Gasteiger partial charge is 0.325 e. The minimum absolute atomic E-state index is 0.235. The molecule has 0 aromatic heterocycles. The summed E-state index contributed by atoms with van der Waals surface area (Å²) in [6.45, 7) is 0.424. The number of thioether (sulfide) groups is 1. The van der Waals surface area contributed by atoms with Crippen molar-refractivity contribution in [2.75, 3.05) is 18.1 Å². The Morgan fingerprint density at radius 1 is 1.08 bits per heavy atom. The van der Waals surface area contributed by atoms with E-state index in [0.717, 1.165) is 18.5 Å². The quantitative estimate of drug-likeness (QED) is 0.847. The van der Waals surface area contributed by atoms with Crippen molar-refractivity contribution in [1.82, 2.24) is 4.31 Å². The summed E-state index contributed by atoms with van der Waals surface area (Å²) in [6, 6.07) is 7.28. The van der Waals surface area contributed by atoms with Gasteiger partial charge in [-0.25, -0.2) is 8.42 Å². The van der Waals surface area contributed by atoms with E-state index in [9.17, 15) is 13.2 Å². The summed E-state index contributed by atoms with van der Waals surface area (Å²) in [5, 5.41) is 3.59. The summed E-state index contributed by atoms with van der Waals surface area (Å²) < 4.78 is 25.1. The second-order valence-electron chi connectivity index (χ2n) is 6.92. The minimum atomic E-state index is -3.36. The SMILES string of the molecule is CS(=O)(=O)N1CCCC[C@H]1C(=O)Nc1ccc(SC2CCCC2)cc1. The highest BCUT2D eigenvalue weighted by Crippen LogP contribution is 2.35. The van der Waals surface area contributed by atoms with Crippen molar-refractivity contribution in [1.29, 1.82) is 0 Å². The number of carbonyl (C=O) groups is 1. The monoisotopic (exact) mass is 382 g/mol. The van der Waals surface area contributed by atoms with Gasteiger partial charge in [-0.05, 0) is 49.9 Å². The van der Waals surface area contributed by atoms with Crippen LogP contribution >= 0.6 is 11.8 Å². The second-order valence-corrected chi connectivity index (χ2v) is 10.2. The second kappa shape index (κ2) is 8.10. The average molecular weight is 383 g/mol. The van der Waals surface area contributed by atoms with E-state index in [4.69, 9.17) is 0 Å². The van der Waals surface area contributed by atoms with Crippen LogP contribution < -0.4 is 5.32 Å². The first-order valence-corrected chi connectivity index (χ1v) is 11.7. The van der Waals surface area contributed by atoms with E-state index in [0.29, 0.717) is 18.2 Å². The van der Waals surface area contributed by atoms with Crippen molar-refractivity contribution in [2.24, 2.45) is 0 Å². The fourth-order valence-corrected chi connectivity index (χ4v) is 5.98. The molecule has 7 heteroatoms. The van der Waals surface area contributed by atoms with Crippen LogP contribution in [0.3, 0.4) is 0 Å². The first kappa shape index (κ1) is 18.7. The first-order valence-electron chi connectivity index (χ1n) is 8.98. The van der Waals surface area contributed by atoms with E-state index in [2.05, 4.69) is 5.32 Å². The van der Waals surface area contributed by atoms with E-state index in [-0.39, 0.29) is 5.91 Å². The number of anilines is 1. The van der Waals surface area contributed by atoms with Gasteiger partial charge in [0.25, 0.3) is 0 Å².